The van der Waals surface area contributed by atoms with E-state index in [1.54, 1.807) is 0 Å². The molecule has 0 saturated carbocycles. The van der Waals surface area contributed by atoms with Gasteiger partial charge in [-0.25, -0.2) is 0 Å². The second kappa shape index (κ2) is 4.31. The summed E-state index contributed by atoms with van der Waals surface area (Å²) in [5.41, 5.74) is 4.62. The smallest absolute Gasteiger partial charge is 0.0349 e. The van der Waals surface area contributed by atoms with E-state index in [-0.39, 0.29) is 0 Å². The number of nitrogens with zero attached hydrogens (tertiary/aromatic N) is 1. The van der Waals surface area contributed by atoms with Gasteiger partial charge in [-0.05, 0) is 18.4 Å². The zero-order valence-corrected chi connectivity index (χ0v) is 7.30. The van der Waals surface area contributed by atoms with Crippen LogP contribution in [0.15, 0.2) is 23.8 Å². The molecule has 1 N–H and O–H groups in total. The Morgan fingerprint density at radius 1 is 1.45 bits per heavy atom. The molecule has 0 amide bonds. The summed E-state index contributed by atoms with van der Waals surface area (Å²) in [4.78, 5) is 0. The fourth-order valence-electron chi connectivity index (χ4n) is 1.05. The van der Waals surface area contributed by atoms with Gasteiger partial charge in [0.15, 0.2) is 0 Å². The molecule has 11 heavy (non-hydrogen) atoms. The summed E-state index contributed by atoms with van der Waals surface area (Å²) in [5.74, 6) is 0. The van der Waals surface area contributed by atoms with Gasteiger partial charge in [-0.3, -0.25) is 10.4 Å². The summed E-state index contributed by atoms with van der Waals surface area (Å²) in [7, 11) is 4.01. The second-order valence-electron chi connectivity index (χ2n) is 2.99. The Balaban J connectivity index is 2.25. The standard InChI is InChI=1S/C9H16N2/c1-11(2)10-8-9-6-4-3-5-7-9/h4,6-7,10H,3,5,8H2,1-2H3. The van der Waals surface area contributed by atoms with Crippen LogP contribution in [0.3, 0.4) is 0 Å². The first-order valence-electron chi connectivity index (χ1n) is 4.05. The average molecular weight is 152 g/mol. The molecular weight excluding hydrogens is 136 g/mol. The molecule has 0 heterocycles. The molecule has 0 aliphatic heterocycles. The van der Waals surface area contributed by atoms with Crippen molar-refractivity contribution in [2.45, 2.75) is 12.8 Å². The zero-order chi connectivity index (χ0) is 8.10. The van der Waals surface area contributed by atoms with E-state index < -0.39 is 0 Å². The Bertz CT molecular complexity index is 168. The highest BCUT2D eigenvalue weighted by Crippen LogP contribution is 2.07. The van der Waals surface area contributed by atoms with Crippen LogP contribution in [0.1, 0.15) is 12.8 Å². The predicted octanol–water partition coefficient (Wildman–Crippen LogP) is 1.33. The van der Waals surface area contributed by atoms with Crippen LogP contribution >= 0.6 is 0 Å². The van der Waals surface area contributed by atoms with Gasteiger partial charge in [0.2, 0.25) is 0 Å². The van der Waals surface area contributed by atoms with E-state index in [4.69, 9.17) is 0 Å². The van der Waals surface area contributed by atoms with Crippen LogP contribution in [0.2, 0.25) is 0 Å². The predicted molar refractivity (Wildman–Crippen MR) is 48.1 cm³/mol. The summed E-state index contributed by atoms with van der Waals surface area (Å²) in [6.07, 6.45) is 9.11. The number of hydrazine groups is 1. The van der Waals surface area contributed by atoms with Crippen molar-refractivity contribution in [2.24, 2.45) is 0 Å². The van der Waals surface area contributed by atoms with Crippen LogP contribution in [-0.4, -0.2) is 25.6 Å². The minimum Gasteiger partial charge on any atom is -0.251 e. The Morgan fingerprint density at radius 2 is 2.27 bits per heavy atom. The van der Waals surface area contributed by atoms with E-state index in [0.717, 1.165) is 6.54 Å². The van der Waals surface area contributed by atoms with Crippen LogP contribution in [0, 0.1) is 0 Å². The molecule has 1 rings (SSSR count). The molecule has 0 spiro atoms. The lowest BCUT2D eigenvalue weighted by Crippen LogP contribution is -2.31. The molecule has 0 radical (unpaired) electrons. The van der Waals surface area contributed by atoms with Crippen LogP contribution in [0.5, 0.6) is 0 Å². The Kier molecular flexibility index (Phi) is 3.33. The van der Waals surface area contributed by atoms with Crippen molar-refractivity contribution in [3.63, 3.8) is 0 Å². The topological polar surface area (TPSA) is 15.3 Å². The summed E-state index contributed by atoms with van der Waals surface area (Å²) in [6, 6.07) is 0. The van der Waals surface area contributed by atoms with E-state index in [9.17, 15) is 0 Å². The highest BCUT2D eigenvalue weighted by molar-refractivity contribution is 5.23. The van der Waals surface area contributed by atoms with Crippen molar-refractivity contribution in [3.05, 3.63) is 23.8 Å². The van der Waals surface area contributed by atoms with Gasteiger partial charge in [0.05, 0.1) is 0 Å². The SMILES string of the molecule is CN(C)NCC1=CCCC=C1. The molecule has 2 heteroatoms. The van der Waals surface area contributed by atoms with Gasteiger partial charge in [0.25, 0.3) is 0 Å². The van der Waals surface area contributed by atoms with Crippen LogP contribution < -0.4 is 5.43 Å². The first-order valence-corrected chi connectivity index (χ1v) is 4.05. The normalized spacial score (nSPS) is 17.2. The number of rotatable bonds is 3. The third-order valence-corrected chi connectivity index (χ3v) is 1.67. The molecule has 1 aliphatic rings. The molecule has 0 atom stereocenters. The van der Waals surface area contributed by atoms with Gasteiger partial charge in [-0.2, -0.15) is 0 Å². The third kappa shape index (κ3) is 3.35. The van der Waals surface area contributed by atoms with Crippen molar-refractivity contribution in [1.29, 1.82) is 0 Å². The van der Waals surface area contributed by atoms with Crippen LogP contribution in [0.4, 0.5) is 0 Å². The lowest BCUT2D eigenvalue weighted by atomic mass is 10.1. The maximum Gasteiger partial charge on any atom is 0.0349 e. The number of hydrogen-bond acceptors (Lipinski definition) is 2. The third-order valence-electron chi connectivity index (χ3n) is 1.67. The van der Waals surface area contributed by atoms with E-state index in [0.29, 0.717) is 0 Å². The van der Waals surface area contributed by atoms with Gasteiger partial charge in [-0.1, -0.05) is 18.2 Å². The van der Waals surface area contributed by atoms with Gasteiger partial charge < -0.3 is 0 Å². The summed E-state index contributed by atoms with van der Waals surface area (Å²) < 4.78 is 0. The molecule has 0 aromatic carbocycles. The van der Waals surface area contributed by atoms with Crippen LogP contribution in [0.25, 0.3) is 0 Å². The molecule has 2 nitrogen and oxygen atoms in total. The van der Waals surface area contributed by atoms with Crippen LogP contribution in [-0.2, 0) is 0 Å². The molecular formula is C9H16N2. The van der Waals surface area contributed by atoms with Crippen molar-refractivity contribution in [2.75, 3.05) is 20.6 Å². The van der Waals surface area contributed by atoms with E-state index >= 15 is 0 Å². The Morgan fingerprint density at radius 3 is 2.82 bits per heavy atom. The molecule has 0 aromatic rings. The summed E-state index contributed by atoms with van der Waals surface area (Å²) >= 11 is 0. The fraction of sp³-hybridized carbons (Fsp3) is 0.556. The monoisotopic (exact) mass is 152 g/mol. The maximum absolute atomic E-state index is 3.23. The van der Waals surface area contributed by atoms with E-state index in [2.05, 4.69) is 23.7 Å². The molecule has 0 unspecified atom stereocenters. The Hall–Kier alpha value is -0.600. The number of nitrogens with one attached hydrogen (secondary N) is 1. The summed E-state index contributed by atoms with van der Waals surface area (Å²) in [5, 5.41) is 1.98. The highest BCUT2D eigenvalue weighted by atomic mass is 15.5. The minimum absolute atomic E-state index is 0.948. The number of hydrogen-bond donors (Lipinski definition) is 1. The average Bonchev–Trinajstić information content (AvgIpc) is 2.03. The zero-order valence-electron chi connectivity index (χ0n) is 7.30. The lowest BCUT2D eigenvalue weighted by Gasteiger charge is -2.13. The van der Waals surface area contributed by atoms with Gasteiger partial charge in [-0.15, -0.1) is 0 Å². The van der Waals surface area contributed by atoms with E-state index in [1.807, 2.05) is 19.1 Å². The minimum atomic E-state index is 0.948. The molecule has 0 bridgehead atoms. The molecule has 0 aromatic heterocycles. The van der Waals surface area contributed by atoms with Crippen molar-refractivity contribution < 1.29 is 0 Å². The molecule has 62 valence electrons. The lowest BCUT2D eigenvalue weighted by molar-refractivity contribution is 0.304. The quantitative estimate of drug-likeness (QED) is 0.614. The van der Waals surface area contributed by atoms with Crippen molar-refractivity contribution >= 4 is 0 Å². The first-order chi connectivity index (χ1) is 5.29. The first kappa shape index (κ1) is 8.50. The highest BCUT2D eigenvalue weighted by Gasteiger charge is 1.96. The number of allylic oxidation sites excluding steroid dienone is 2. The second-order valence-corrected chi connectivity index (χ2v) is 2.99. The largest absolute Gasteiger partial charge is 0.251 e. The fourth-order valence-corrected chi connectivity index (χ4v) is 1.05. The molecule has 0 saturated heterocycles. The van der Waals surface area contributed by atoms with Crippen molar-refractivity contribution in [3.8, 4) is 0 Å². The maximum atomic E-state index is 3.23. The Labute approximate surface area is 68.6 Å². The van der Waals surface area contributed by atoms with E-state index in [1.165, 1.54) is 18.4 Å². The summed E-state index contributed by atoms with van der Waals surface area (Å²) in [6.45, 7) is 0.948. The molecule has 0 fully saturated rings. The van der Waals surface area contributed by atoms with Crippen molar-refractivity contribution in [1.82, 2.24) is 10.4 Å². The van der Waals surface area contributed by atoms with Gasteiger partial charge in [0.1, 0.15) is 0 Å². The van der Waals surface area contributed by atoms with Gasteiger partial charge >= 0.3 is 0 Å². The molecule has 1 aliphatic carbocycles. The van der Waals surface area contributed by atoms with Gasteiger partial charge in [0, 0.05) is 20.6 Å².